The Morgan fingerprint density at radius 3 is 1.78 bits per heavy atom. The molecular weight excluding hydrogens is 157 g/mol. The molecule has 42 valence electrons. The third-order valence-corrected chi connectivity index (χ3v) is 0.914. The third-order valence-electron chi connectivity index (χ3n) is 0.598. The van der Waals surface area contributed by atoms with Gasteiger partial charge >= 0.3 is 59.1 Å². The maximum atomic E-state index is 9.70. The van der Waals surface area contributed by atoms with Crippen LogP contribution in [0.3, 0.4) is 0 Å². The zero-order chi connectivity index (χ0) is 5.70. The van der Waals surface area contributed by atoms with E-state index in [1.165, 1.54) is 0 Å². The summed E-state index contributed by atoms with van der Waals surface area (Å²) in [7, 11) is -1.65. The van der Waals surface area contributed by atoms with Crippen LogP contribution in [0.4, 0.5) is 0 Å². The van der Waals surface area contributed by atoms with Crippen LogP contribution in [0, 0.1) is 0 Å². The van der Waals surface area contributed by atoms with Crippen molar-refractivity contribution in [1.29, 1.82) is 0 Å². The molecule has 0 saturated heterocycles. The van der Waals surface area contributed by atoms with E-state index < -0.39 is 7.12 Å². The second kappa shape index (κ2) is 13.0. The summed E-state index contributed by atoms with van der Waals surface area (Å²) in [5, 5.41) is 19.4. The molecule has 0 fully saturated rings. The van der Waals surface area contributed by atoms with Gasteiger partial charge in [0.2, 0.25) is 0 Å². The first-order valence-electron chi connectivity index (χ1n) is 2.20. The molecule has 0 aromatic heterocycles. The molecule has 0 amide bonds. The predicted octanol–water partition coefficient (Wildman–Crippen LogP) is -7.48. The van der Waals surface area contributed by atoms with Crippen molar-refractivity contribution >= 4 is 19.7 Å². The van der Waals surface area contributed by atoms with Gasteiger partial charge < -0.3 is 10.0 Å². The SMILES string of the molecule is [Na+].[Na+].[O-]B([O-])CCCS. The summed E-state index contributed by atoms with van der Waals surface area (Å²) in [6.07, 6.45) is 0.851. The third kappa shape index (κ3) is 17.9. The van der Waals surface area contributed by atoms with Gasteiger partial charge in [-0.25, -0.2) is 0 Å². The number of hydrogen-bond acceptors (Lipinski definition) is 3. The predicted molar refractivity (Wildman–Crippen MR) is 29.0 cm³/mol. The first-order valence-corrected chi connectivity index (χ1v) is 2.83. The standard InChI is InChI=1S/C3H7BO2S.2Na/c5-4(6)2-1-3-7;;/h7H,1-3H2;;/q-2;2*+1. The molecule has 0 heterocycles. The Balaban J connectivity index is -0.000000180. The van der Waals surface area contributed by atoms with Crippen molar-refractivity contribution in [1.82, 2.24) is 0 Å². The summed E-state index contributed by atoms with van der Waals surface area (Å²) in [5.74, 6) is 0.640. The second-order valence-corrected chi connectivity index (χ2v) is 1.74. The van der Waals surface area contributed by atoms with E-state index in [2.05, 4.69) is 12.6 Å². The summed E-state index contributed by atoms with van der Waals surface area (Å²) in [5.41, 5.74) is 0. The van der Waals surface area contributed by atoms with E-state index in [-0.39, 0.29) is 65.4 Å². The van der Waals surface area contributed by atoms with E-state index in [4.69, 9.17) is 0 Å². The first kappa shape index (κ1) is 17.4. The van der Waals surface area contributed by atoms with Gasteiger partial charge in [0.1, 0.15) is 0 Å². The maximum absolute atomic E-state index is 9.70. The van der Waals surface area contributed by atoms with E-state index in [0.717, 1.165) is 0 Å². The molecule has 0 aliphatic heterocycles. The summed E-state index contributed by atoms with van der Waals surface area (Å²) in [6, 6.07) is 0. The van der Waals surface area contributed by atoms with Crippen LogP contribution in [-0.2, 0) is 0 Å². The fraction of sp³-hybridized carbons (Fsp3) is 1.00. The van der Waals surface area contributed by atoms with Gasteiger partial charge in [-0.2, -0.15) is 12.6 Å². The minimum Gasteiger partial charge on any atom is -0.893 e. The molecule has 0 radical (unpaired) electrons. The average molecular weight is 164 g/mol. The van der Waals surface area contributed by atoms with Crippen molar-refractivity contribution in [3.63, 3.8) is 0 Å². The van der Waals surface area contributed by atoms with Gasteiger partial charge in [-0.15, -0.1) is 13.4 Å². The largest absolute Gasteiger partial charge is 1.00 e. The normalized spacial score (nSPS) is 7.00. The minimum atomic E-state index is -1.65. The number of thiol groups is 1. The zero-order valence-electron chi connectivity index (χ0n) is 5.96. The molecule has 0 unspecified atom stereocenters. The number of hydrogen-bond donors (Lipinski definition) is 1. The van der Waals surface area contributed by atoms with Crippen molar-refractivity contribution in [2.75, 3.05) is 5.75 Å². The van der Waals surface area contributed by atoms with Crippen LogP contribution in [-0.4, -0.2) is 12.9 Å². The maximum Gasteiger partial charge on any atom is 1.00 e. The van der Waals surface area contributed by atoms with Crippen LogP contribution in [0.15, 0.2) is 0 Å². The molecule has 0 spiro atoms. The van der Waals surface area contributed by atoms with Crippen LogP contribution in [0.25, 0.3) is 0 Å². The molecule has 0 bridgehead atoms. The Labute approximate surface area is 106 Å². The summed E-state index contributed by atoms with van der Waals surface area (Å²) >= 11 is 3.82. The average Bonchev–Trinajstić information content (AvgIpc) is 1.61. The molecule has 0 aliphatic carbocycles. The molecule has 0 rings (SSSR count). The molecule has 6 heteroatoms. The zero-order valence-corrected chi connectivity index (χ0v) is 10.9. The molecular formula is C3H7BNa2O2S. The summed E-state index contributed by atoms with van der Waals surface area (Å²) in [4.78, 5) is 0. The second-order valence-electron chi connectivity index (χ2n) is 1.30. The monoisotopic (exact) mass is 164 g/mol. The molecule has 9 heavy (non-hydrogen) atoms. The fourth-order valence-corrected chi connectivity index (χ4v) is 0.441. The van der Waals surface area contributed by atoms with E-state index in [9.17, 15) is 10.0 Å². The minimum absolute atomic E-state index is 0. The fourth-order valence-electron chi connectivity index (χ4n) is 0.258. The quantitative estimate of drug-likeness (QED) is 0.332. The Hall–Kier alpha value is 2.33. The smallest absolute Gasteiger partial charge is 0.893 e. The Kier molecular flexibility index (Phi) is 25.1. The molecule has 2 nitrogen and oxygen atoms in total. The van der Waals surface area contributed by atoms with Crippen LogP contribution in [0.2, 0.25) is 6.32 Å². The molecule has 0 aliphatic rings. The van der Waals surface area contributed by atoms with Gasteiger partial charge in [0.25, 0.3) is 0 Å². The van der Waals surface area contributed by atoms with Gasteiger partial charge in [0.15, 0.2) is 0 Å². The van der Waals surface area contributed by atoms with Gasteiger partial charge in [-0.1, -0.05) is 6.42 Å². The van der Waals surface area contributed by atoms with Crippen molar-refractivity contribution in [3.05, 3.63) is 0 Å². The van der Waals surface area contributed by atoms with Crippen molar-refractivity contribution in [3.8, 4) is 0 Å². The molecule has 0 atom stereocenters. The van der Waals surface area contributed by atoms with E-state index in [0.29, 0.717) is 12.2 Å². The van der Waals surface area contributed by atoms with Crippen molar-refractivity contribution in [2.24, 2.45) is 0 Å². The van der Waals surface area contributed by atoms with E-state index in [1.54, 1.807) is 0 Å². The molecule has 0 aromatic carbocycles. The topological polar surface area (TPSA) is 46.1 Å². The van der Waals surface area contributed by atoms with Crippen molar-refractivity contribution in [2.45, 2.75) is 12.7 Å². The van der Waals surface area contributed by atoms with Gasteiger partial charge in [0, 0.05) is 0 Å². The first-order chi connectivity index (χ1) is 3.27. The Morgan fingerprint density at radius 2 is 1.67 bits per heavy atom. The summed E-state index contributed by atoms with van der Waals surface area (Å²) < 4.78 is 0. The van der Waals surface area contributed by atoms with Crippen LogP contribution < -0.4 is 69.2 Å². The van der Waals surface area contributed by atoms with Gasteiger partial charge in [-0.05, 0) is 5.75 Å². The Morgan fingerprint density at radius 1 is 1.22 bits per heavy atom. The van der Waals surface area contributed by atoms with Gasteiger partial charge in [0.05, 0.1) is 0 Å². The molecule has 0 N–H and O–H groups in total. The van der Waals surface area contributed by atoms with Crippen LogP contribution in [0.1, 0.15) is 6.42 Å². The van der Waals surface area contributed by atoms with E-state index >= 15 is 0 Å². The molecule has 0 saturated carbocycles. The van der Waals surface area contributed by atoms with Crippen LogP contribution >= 0.6 is 12.6 Å². The summed E-state index contributed by atoms with van der Waals surface area (Å²) in [6.45, 7) is 0. The van der Waals surface area contributed by atoms with Crippen molar-refractivity contribution < 1.29 is 69.2 Å². The van der Waals surface area contributed by atoms with Gasteiger partial charge in [-0.3, -0.25) is 0 Å². The van der Waals surface area contributed by atoms with E-state index in [1.807, 2.05) is 0 Å². The number of rotatable bonds is 3. The Bertz CT molecular complexity index is 48.8. The van der Waals surface area contributed by atoms with Crippen LogP contribution in [0.5, 0.6) is 0 Å². The molecule has 0 aromatic rings.